The number of rotatable bonds is 2. The Balaban J connectivity index is 2.39. The molecule has 0 fully saturated rings. The molecule has 2 rings (SSSR count). The Morgan fingerprint density at radius 2 is 2.31 bits per heavy atom. The topological polar surface area (TPSA) is 3.24 Å². The molecule has 1 aromatic carbocycles. The largest absolute Gasteiger partial charge is 0.362 e. The van der Waals surface area contributed by atoms with Crippen molar-refractivity contribution in [1.29, 1.82) is 0 Å². The van der Waals surface area contributed by atoms with Gasteiger partial charge in [-0.25, -0.2) is 0 Å². The molecule has 1 nitrogen and oxygen atoms in total. The van der Waals surface area contributed by atoms with E-state index in [0.717, 1.165) is 16.6 Å². The van der Waals surface area contributed by atoms with Crippen molar-refractivity contribution in [3.63, 3.8) is 0 Å². The van der Waals surface area contributed by atoms with E-state index in [2.05, 4.69) is 41.5 Å². The van der Waals surface area contributed by atoms with Crippen LogP contribution in [0.25, 0.3) is 0 Å². The van der Waals surface area contributed by atoms with Crippen LogP contribution >= 0.6 is 34.5 Å². The zero-order chi connectivity index (χ0) is 11.5. The summed E-state index contributed by atoms with van der Waals surface area (Å²) in [6.45, 7) is 3.27. The van der Waals surface area contributed by atoms with Crippen LogP contribution in [0.1, 0.15) is 6.92 Å². The second kappa shape index (κ2) is 5.34. The van der Waals surface area contributed by atoms with Crippen LogP contribution in [0.15, 0.2) is 29.2 Å². The summed E-state index contributed by atoms with van der Waals surface area (Å²) in [5.41, 5.74) is 1.38. The molecule has 1 unspecified atom stereocenters. The average Bonchev–Trinajstić information content (AvgIpc) is 2.68. The number of benzene rings is 1. The van der Waals surface area contributed by atoms with E-state index in [9.17, 15) is 0 Å². The fourth-order valence-electron chi connectivity index (χ4n) is 1.77. The third kappa shape index (κ3) is 2.34. The third-order valence-electron chi connectivity index (χ3n) is 2.60. The standard InChI is InChI=1S/C12H15NS3/c1-3-13-9-16(8-12(14)15-2)11-7-5-4-6-10(11)13/h4-8H,3,9H2,1-2H3. The van der Waals surface area contributed by atoms with Gasteiger partial charge in [0.1, 0.15) is 0 Å². The van der Waals surface area contributed by atoms with E-state index in [1.165, 1.54) is 10.6 Å². The van der Waals surface area contributed by atoms with Crippen molar-refractivity contribution in [3.05, 3.63) is 24.3 Å². The number of hydrogen-bond acceptors (Lipinski definition) is 3. The van der Waals surface area contributed by atoms with Crippen LogP contribution in [-0.2, 0) is 0 Å². The van der Waals surface area contributed by atoms with Crippen LogP contribution in [-0.4, -0.2) is 28.2 Å². The number of para-hydroxylation sites is 1. The molecule has 0 bridgehead atoms. The highest BCUT2D eigenvalue weighted by Gasteiger charge is 2.20. The van der Waals surface area contributed by atoms with Crippen molar-refractivity contribution >= 4 is 49.7 Å². The summed E-state index contributed by atoms with van der Waals surface area (Å²) in [7, 11) is 0.177. The molecule has 0 aliphatic carbocycles. The smallest absolute Gasteiger partial charge is 0.0762 e. The number of anilines is 1. The lowest BCUT2D eigenvalue weighted by Gasteiger charge is -2.15. The Hall–Kier alpha value is -0.320. The van der Waals surface area contributed by atoms with Crippen molar-refractivity contribution < 1.29 is 0 Å². The molecule has 0 saturated heterocycles. The van der Waals surface area contributed by atoms with Crippen LogP contribution in [0, 0.1) is 0 Å². The molecule has 1 aliphatic rings. The maximum atomic E-state index is 5.29. The zero-order valence-corrected chi connectivity index (χ0v) is 11.9. The van der Waals surface area contributed by atoms with E-state index in [-0.39, 0.29) is 10.5 Å². The van der Waals surface area contributed by atoms with Crippen LogP contribution in [0.5, 0.6) is 0 Å². The number of thiocarbonyl (C=S) groups is 1. The van der Waals surface area contributed by atoms with E-state index in [1.54, 1.807) is 11.8 Å². The summed E-state index contributed by atoms with van der Waals surface area (Å²) >= 11 is 6.95. The third-order valence-corrected chi connectivity index (χ3v) is 6.06. The normalized spacial score (nSPS) is 18.9. The summed E-state index contributed by atoms with van der Waals surface area (Å²) < 4.78 is 1.01. The van der Waals surface area contributed by atoms with Gasteiger partial charge in [-0.1, -0.05) is 24.4 Å². The van der Waals surface area contributed by atoms with E-state index in [4.69, 9.17) is 12.2 Å². The minimum absolute atomic E-state index is 0.177. The second-order valence-electron chi connectivity index (χ2n) is 3.52. The molecule has 1 aliphatic heterocycles. The zero-order valence-electron chi connectivity index (χ0n) is 9.47. The fourth-order valence-corrected chi connectivity index (χ4v) is 4.81. The fraction of sp³-hybridized carbons (Fsp3) is 0.333. The molecular weight excluding hydrogens is 254 g/mol. The molecule has 16 heavy (non-hydrogen) atoms. The van der Waals surface area contributed by atoms with Gasteiger partial charge in [0.15, 0.2) is 0 Å². The van der Waals surface area contributed by atoms with Gasteiger partial charge in [0, 0.05) is 11.4 Å². The molecule has 86 valence electrons. The predicted molar refractivity (Wildman–Crippen MR) is 82.4 cm³/mol. The van der Waals surface area contributed by atoms with Crippen molar-refractivity contribution in [2.75, 3.05) is 23.6 Å². The molecule has 0 N–H and O–H groups in total. The molecule has 0 amide bonds. The van der Waals surface area contributed by atoms with E-state index < -0.39 is 0 Å². The summed E-state index contributed by atoms with van der Waals surface area (Å²) in [6.07, 6.45) is 2.04. The second-order valence-corrected chi connectivity index (χ2v) is 6.86. The Morgan fingerprint density at radius 3 is 3.00 bits per heavy atom. The molecular formula is C12H15NS3. The van der Waals surface area contributed by atoms with E-state index >= 15 is 0 Å². The van der Waals surface area contributed by atoms with Crippen molar-refractivity contribution in [1.82, 2.24) is 0 Å². The van der Waals surface area contributed by atoms with Gasteiger partial charge in [-0.05, 0) is 30.7 Å². The summed E-state index contributed by atoms with van der Waals surface area (Å²) in [5, 5.41) is 2.24. The lowest BCUT2D eigenvalue weighted by molar-refractivity contribution is 0.951. The van der Waals surface area contributed by atoms with Crippen LogP contribution in [0.2, 0.25) is 0 Å². The Morgan fingerprint density at radius 1 is 1.56 bits per heavy atom. The maximum absolute atomic E-state index is 5.29. The van der Waals surface area contributed by atoms with Gasteiger partial charge in [-0.3, -0.25) is 0 Å². The number of nitrogens with zero attached hydrogens (tertiary/aromatic N) is 1. The predicted octanol–water partition coefficient (Wildman–Crippen LogP) is 3.60. The minimum atomic E-state index is 0.177. The van der Waals surface area contributed by atoms with Gasteiger partial charge < -0.3 is 4.90 Å². The highest BCUT2D eigenvalue weighted by Crippen LogP contribution is 2.42. The molecule has 1 heterocycles. The van der Waals surface area contributed by atoms with E-state index in [1.807, 2.05) is 6.26 Å². The van der Waals surface area contributed by atoms with Gasteiger partial charge in [0.25, 0.3) is 0 Å². The molecule has 4 heteroatoms. The number of hydrogen-bond donors (Lipinski definition) is 0. The van der Waals surface area contributed by atoms with E-state index in [0.29, 0.717) is 0 Å². The Kier molecular flexibility index (Phi) is 4.05. The van der Waals surface area contributed by atoms with Crippen molar-refractivity contribution in [3.8, 4) is 0 Å². The Labute approximate surface area is 109 Å². The van der Waals surface area contributed by atoms with Crippen molar-refractivity contribution in [2.24, 2.45) is 0 Å². The summed E-state index contributed by atoms with van der Waals surface area (Å²) in [4.78, 5) is 3.87. The first-order valence-electron chi connectivity index (χ1n) is 5.22. The molecule has 0 spiro atoms. The number of fused-ring (bicyclic) bond motifs is 1. The van der Waals surface area contributed by atoms with Gasteiger partial charge in [0.2, 0.25) is 0 Å². The average molecular weight is 269 g/mol. The first-order chi connectivity index (χ1) is 7.76. The molecule has 0 saturated carbocycles. The van der Waals surface area contributed by atoms with Gasteiger partial charge >= 0.3 is 0 Å². The Bertz CT molecular complexity index is 440. The summed E-state index contributed by atoms with van der Waals surface area (Å²) in [5.74, 6) is 1.09. The van der Waals surface area contributed by atoms with Gasteiger partial charge in [-0.2, -0.15) is 0 Å². The minimum Gasteiger partial charge on any atom is -0.362 e. The highest BCUT2D eigenvalue weighted by molar-refractivity contribution is 8.29. The lowest BCUT2D eigenvalue weighted by Crippen LogP contribution is -2.18. The first kappa shape index (κ1) is 12.1. The molecule has 0 radical (unpaired) electrons. The molecule has 1 aromatic rings. The highest BCUT2D eigenvalue weighted by atomic mass is 32.2. The first-order valence-corrected chi connectivity index (χ1v) is 8.31. The van der Waals surface area contributed by atoms with Crippen LogP contribution < -0.4 is 4.90 Å². The SMILES string of the molecule is CCN1CS(=CC(=S)SC)c2ccccc21. The quantitative estimate of drug-likeness (QED) is 0.755. The van der Waals surface area contributed by atoms with Gasteiger partial charge in [0.05, 0.1) is 15.8 Å². The number of thioether (sulfide) groups is 1. The molecule has 1 atom stereocenters. The monoisotopic (exact) mass is 269 g/mol. The van der Waals surface area contributed by atoms with Gasteiger partial charge in [-0.15, -0.1) is 22.2 Å². The van der Waals surface area contributed by atoms with Crippen LogP contribution in [0.3, 0.4) is 0 Å². The van der Waals surface area contributed by atoms with Crippen molar-refractivity contribution in [2.45, 2.75) is 11.8 Å². The maximum Gasteiger partial charge on any atom is 0.0762 e. The molecule has 0 aromatic heterocycles. The summed E-state index contributed by atoms with van der Waals surface area (Å²) in [6, 6.07) is 8.67. The lowest BCUT2D eigenvalue weighted by atomic mass is 10.3. The van der Waals surface area contributed by atoms with Crippen LogP contribution in [0.4, 0.5) is 5.69 Å².